The lowest BCUT2D eigenvalue weighted by Gasteiger charge is -2.27. The standard InChI is InChI=1S/C30H26FN3O3S/c1-2-19-15-25-27(16-24(19)20-7-6-10-22(14-20)38(31,36)37)34(21-8-4-3-5-9-21)30-28(29(25)35)23-12-11-18(17-32)13-26(23)33-30/h6-7,10-16,21,33H,2-5,8-9H2,1H3. The number of pyridine rings is 1. The van der Waals surface area contributed by atoms with Crippen molar-refractivity contribution in [2.24, 2.45) is 0 Å². The van der Waals surface area contributed by atoms with Crippen molar-refractivity contribution >= 4 is 43.1 Å². The van der Waals surface area contributed by atoms with Gasteiger partial charge in [-0.05, 0) is 72.4 Å². The third kappa shape index (κ3) is 3.89. The number of benzene rings is 3. The fourth-order valence-corrected chi connectivity index (χ4v) is 6.54. The normalized spacial score (nSPS) is 14.9. The first-order valence-corrected chi connectivity index (χ1v) is 14.3. The zero-order valence-electron chi connectivity index (χ0n) is 20.9. The van der Waals surface area contributed by atoms with Gasteiger partial charge in [-0.15, -0.1) is 3.89 Å². The number of nitriles is 1. The highest BCUT2D eigenvalue weighted by Crippen LogP contribution is 2.38. The van der Waals surface area contributed by atoms with Gasteiger partial charge >= 0.3 is 10.2 Å². The number of aromatic nitrogens is 2. The molecule has 0 saturated heterocycles. The number of rotatable bonds is 4. The molecule has 1 aliphatic rings. The van der Waals surface area contributed by atoms with E-state index < -0.39 is 10.2 Å². The second-order valence-corrected chi connectivity index (χ2v) is 11.4. The fraction of sp³-hybridized carbons (Fsp3) is 0.267. The monoisotopic (exact) mass is 527 g/mol. The van der Waals surface area contributed by atoms with Crippen LogP contribution < -0.4 is 5.43 Å². The Morgan fingerprint density at radius 3 is 2.55 bits per heavy atom. The summed E-state index contributed by atoms with van der Waals surface area (Å²) < 4.78 is 39.3. The van der Waals surface area contributed by atoms with Crippen molar-refractivity contribution in [3.8, 4) is 17.2 Å². The molecule has 0 bridgehead atoms. The second-order valence-electron chi connectivity index (χ2n) is 10.1. The molecule has 2 heterocycles. The Kier molecular flexibility index (Phi) is 5.84. The topological polar surface area (TPSA) is 95.7 Å². The quantitative estimate of drug-likeness (QED) is 0.257. The van der Waals surface area contributed by atoms with Crippen LogP contribution in [0.4, 0.5) is 3.89 Å². The van der Waals surface area contributed by atoms with E-state index in [9.17, 15) is 22.4 Å². The Morgan fingerprint density at radius 2 is 1.84 bits per heavy atom. The first-order valence-electron chi connectivity index (χ1n) is 12.9. The predicted molar refractivity (Wildman–Crippen MR) is 148 cm³/mol. The van der Waals surface area contributed by atoms with Crippen LogP contribution in [0, 0.1) is 11.3 Å². The highest BCUT2D eigenvalue weighted by molar-refractivity contribution is 7.86. The van der Waals surface area contributed by atoms with Gasteiger partial charge in [0.15, 0.2) is 5.43 Å². The van der Waals surface area contributed by atoms with Crippen LogP contribution in [0.15, 0.2) is 64.3 Å². The lowest BCUT2D eigenvalue weighted by atomic mass is 9.92. The van der Waals surface area contributed by atoms with E-state index >= 15 is 0 Å². The summed E-state index contributed by atoms with van der Waals surface area (Å²) in [6.45, 7) is 1.98. The Morgan fingerprint density at radius 1 is 1.05 bits per heavy atom. The highest BCUT2D eigenvalue weighted by atomic mass is 32.3. The molecule has 38 heavy (non-hydrogen) atoms. The molecule has 0 amide bonds. The number of hydrogen-bond donors (Lipinski definition) is 1. The van der Waals surface area contributed by atoms with Crippen molar-refractivity contribution < 1.29 is 12.3 Å². The minimum Gasteiger partial charge on any atom is -0.340 e. The summed E-state index contributed by atoms with van der Waals surface area (Å²) in [6.07, 6.45) is 5.92. The van der Waals surface area contributed by atoms with Gasteiger partial charge in [0.05, 0.1) is 27.4 Å². The molecule has 3 aromatic carbocycles. The molecule has 0 atom stereocenters. The zero-order chi connectivity index (χ0) is 26.6. The van der Waals surface area contributed by atoms with E-state index in [1.165, 1.54) is 24.6 Å². The Hall–Kier alpha value is -3.96. The van der Waals surface area contributed by atoms with E-state index in [1.54, 1.807) is 18.2 Å². The van der Waals surface area contributed by atoms with Crippen LogP contribution in [0.2, 0.25) is 0 Å². The minimum absolute atomic E-state index is 0.0839. The molecule has 2 aromatic heterocycles. The third-order valence-electron chi connectivity index (χ3n) is 7.85. The van der Waals surface area contributed by atoms with Crippen molar-refractivity contribution in [3.63, 3.8) is 0 Å². The van der Waals surface area contributed by atoms with E-state index in [1.807, 2.05) is 25.1 Å². The zero-order valence-corrected chi connectivity index (χ0v) is 21.7. The Balaban J connectivity index is 1.74. The number of aryl methyl sites for hydroxylation is 1. The predicted octanol–water partition coefficient (Wildman–Crippen LogP) is 6.90. The van der Waals surface area contributed by atoms with Crippen molar-refractivity contribution in [1.82, 2.24) is 9.55 Å². The molecule has 1 aliphatic carbocycles. The van der Waals surface area contributed by atoms with Gasteiger partial charge in [0.2, 0.25) is 0 Å². The molecule has 1 saturated carbocycles. The molecular formula is C30H26FN3O3S. The summed E-state index contributed by atoms with van der Waals surface area (Å²) in [5.41, 5.74) is 4.91. The van der Waals surface area contributed by atoms with Crippen LogP contribution in [-0.2, 0) is 16.6 Å². The van der Waals surface area contributed by atoms with Gasteiger partial charge in [0.25, 0.3) is 0 Å². The highest BCUT2D eigenvalue weighted by Gasteiger charge is 2.24. The van der Waals surface area contributed by atoms with Gasteiger partial charge in [-0.25, -0.2) is 0 Å². The molecule has 0 radical (unpaired) electrons. The minimum atomic E-state index is -4.86. The van der Waals surface area contributed by atoms with Gasteiger partial charge in [-0.2, -0.15) is 13.7 Å². The largest absolute Gasteiger partial charge is 0.340 e. The SMILES string of the molecule is CCc1cc2c(=O)c3c4ccc(C#N)cc4[nH]c3n(C3CCCCC3)c2cc1-c1cccc(S(=O)(=O)F)c1. The summed E-state index contributed by atoms with van der Waals surface area (Å²) in [6, 6.07) is 17.5. The maximum atomic E-state index is 14.0. The van der Waals surface area contributed by atoms with Crippen molar-refractivity contribution in [2.45, 2.75) is 56.4 Å². The summed E-state index contributed by atoms with van der Waals surface area (Å²) in [7, 11) is -4.86. The first kappa shape index (κ1) is 24.4. The van der Waals surface area contributed by atoms with Gasteiger partial charge in [-0.3, -0.25) is 4.79 Å². The van der Waals surface area contributed by atoms with Crippen LogP contribution in [-0.4, -0.2) is 18.0 Å². The Labute approximate surface area is 219 Å². The lowest BCUT2D eigenvalue weighted by molar-refractivity contribution is 0.365. The Bertz CT molecular complexity index is 1960. The number of nitrogens with one attached hydrogen (secondary N) is 1. The maximum absolute atomic E-state index is 14.0. The van der Waals surface area contributed by atoms with Gasteiger partial charge in [0, 0.05) is 22.3 Å². The molecule has 1 N–H and O–H groups in total. The summed E-state index contributed by atoms with van der Waals surface area (Å²) in [4.78, 5) is 17.1. The van der Waals surface area contributed by atoms with Crippen molar-refractivity contribution in [2.75, 3.05) is 0 Å². The van der Waals surface area contributed by atoms with Crippen LogP contribution in [0.5, 0.6) is 0 Å². The molecule has 6 rings (SSSR count). The van der Waals surface area contributed by atoms with Gasteiger partial charge < -0.3 is 9.55 Å². The summed E-state index contributed by atoms with van der Waals surface area (Å²) >= 11 is 0. The van der Waals surface area contributed by atoms with Crippen molar-refractivity contribution in [3.05, 3.63) is 75.9 Å². The number of nitrogens with zero attached hydrogens (tertiary/aromatic N) is 2. The molecule has 0 unspecified atom stereocenters. The fourth-order valence-electron chi connectivity index (χ4n) is 6.03. The smallest absolute Gasteiger partial charge is 0.332 e. The summed E-state index contributed by atoms with van der Waals surface area (Å²) in [5, 5.41) is 11.4. The third-order valence-corrected chi connectivity index (χ3v) is 8.67. The van der Waals surface area contributed by atoms with Crippen LogP contribution in [0.1, 0.15) is 56.2 Å². The van der Waals surface area contributed by atoms with E-state index in [0.717, 1.165) is 58.9 Å². The number of H-pyrrole nitrogens is 1. The average molecular weight is 528 g/mol. The molecule has 5 aromatic rings. The number of aromatic amines is 1. The molecule has 0 aliphatic heterocycles. The van der Waals surface area contributed by atoms with Crippen LogP contribution in [0.25, 0.3) is 44.0 Å². The molecule has 6 nitrogen and oxygen atoms in total. The number of halogens is 1. The molecule has 1 fully saturated rings. The lowest BCUT2D eigenvalue weighted by Crippen LogP contribution is -2.18. The van der Waals surface area contributed by atoms with Crippen LogP contribution in [0.3, 0.4) is 0 Å². The van der Waals surface area contributed by atoms with Gasteiger partial charge in [-0.1, -0.05) is 44.4 Å². The molecule has 8 heteroatoms. The molecule has 0 spiro atoms. The van der Waals surface area contributed by atoms with Gasteiger partial charge in [0.1, 0.15) is 5.65 Å². The van der Waals surface area contributed by atoms with E-state index in [4.69, 9.17) is 0 Å². The maximum Gasteiger partial charge on any atom is 0.332 e. The van der Waals surface area contributed by atoms with E-state index in [0.29, 0.717) is 28.3 Å². The van der Waals surface area contributed by atoms with E-state index in [-0.39, 0.29) is 16.4 Å². The second kappa shape index (κ2) is 9.10. The first-order chi connectivity index (χ1) is 18.3. The number of hydrogen-bond acceptors (Lipinski definition) is 4. The number of fused-ring (bicyclic) bond motifs is 4. The average Bonchev–Trinajstić information content (AvgIpc) is 3.31. The van der Waals surface area contributed by atoms with Crippen LogP contribution >= 0.6 is 0 Å². The summed E-state index contributed by atoms with van der Waals surface area (Å²) in [5.74, 6) is 0. The molecule has 192 valence electrons. The van der Waals surface area contributed by atoms with E-state index in [2.05, 4.69) is 15.6 Å². The van der Waals surface area contributed by atoms with Crippen molar-refractivity contribution in [1.29, 1.82) is 5.26 Å². The molecular weight excluding hydrogens is 501 g/mol.